The van der Waals surface area contributed by atoms with Gasteiger partial charge in [0.1, 0.15) is 0 Å². The first kappa shape index (κ1) is 16.8. The van der Waals surface area contributed by atoms with Gasteiger partial charge in [-0.2, -0.15) is 0 Å². The van der Waals surface area contributed by atoms with E-state index >= 15 is 0 Å². The largest absolute Gasteiger partial charge is 0.329 e. The van der Waals surface area contributed by atoms with Crippen molar-refractivity contribution < 1.29 is 0 Å². The molecule has 0 fully saturated rings. The van der Waals surface area contributed by atoms with E-state index in [4.69, 9.17) is 0 Å². The minimum Gasteiger partial charge on any atom is -0.329 e. The number of hydrogen-bond acceptors (Lipinski definition) is 4. The maximum atomic E-state index is 12.7. The van der Waals surface area contributed by atoms with Crippen LogP contribution in [0.5, 0.6) is 0 Å². The Balaban J connectivity index is 1.98. The molecule has 0 aliphatic rings. The van der Waals surface area contributed by atoms with Crippen molar-refractivity contribution in [3.05, 3.63) is 125 Å². The van der Waals surface area contributed by atoms with Crippen LogP contribution in [-0.2, 0) is 0 Å². The van der Waals surface area contributed by atoms with E-state index in [-0.39, 0.29) is 17.4 Å². The van der Waals surface area contributed by atoms with E-state index in [0.717, 1.165) is 16.8 Å². The van der Waals surface area contributed by atoms with Gasteiger partial charge in [0.15, 0.2) is 0 Å². The number of H-pyrrole nitrogens is 1. The summed E-state index contributed by atoms with van der Waals surface area (Å²) in [7, 11) is 0. The van der Waals surface area contributed by atoms with Gasteiger partial charge in [0.05, 0.1) is 0 Å². The molecule has 4 rings (SSSR count). The molecule has 132 valence electrons. The minimum absolute atomic E-state index is 0.120. The molecule has 1 N–H and O–H groups in total. The molecule has 0 saturated carbocycles. The van der Waals surface area contributed by atoms with Gasteiger partial charge in [-0.1, -0.05) is 24.3 Å². The van der Waals surface area contributed by atoms with Crippen LogP contribution in [0.15, 0.2) is 96.6 Å². The van der Waals surface area contributed by atoms with Gasteiger partial charge in [-0.3, -0.25) is 19.7 Å². The Hall–Kier alpha value is -3.60. The lowest BCUT2D eigenvalue weighted by Crippen LogP contribution is -2.23. The zero-order valence-corrected chi connectivity index (χ0v) is 14.6. The Morgan fingerprint density at radius 1 is 0.741 bits per heavy atom. The molecule has 0 spiro atoms. The van der Waals surface area contributed by atoms with Gasteiger partial charge in [0.25, 0.3) is 5.56 Å². The Labute approximate surface area is 156 Å². The highest BCUT2D eigenvalue weighted by molar-refractivity contribution is 5.40. The summed E-state index contributed by atoms with van der Waals surface area (Å²) in [6, 6.07) is 17.3. The van der Waals surface area contributed by atoms with E-state index in [1.807, 2.05) is 67.0 Å². The molecule has 0 aliphatic carbocycles. The number of aromatic nitrogens is 4. The predicted molar refractivity (Wildman–Crippen MR) is 103 cm³/mol. The number of pyridine rings is 4. The van der Waals surface area contributed by atoms with Crippen LogP contribution in [0, 0.1) is 0 Å². The summed E-state index contributed by atoms with van der Waals surface area (Å²) in [6.45, 7) is 0. The normalized spacial score (nSPS) is 12.0. The maximum Gasteiger partial charge on any atom is 0.251 e. The molecule has 4 aromatic heterocycles. The van der Waals surface area contributed by atoms with Crippen molar-refractivity contribution in [1.82, 2.24) is 19.9 Å². The van der Waals surface area contributed by atoms with Crippen LogP contribution in [-0.4, -0.2) is 19.9 Å². The summed E-state index contributed by atoms with van der Waals surface area (Å²) in [5.74, 6) is -0.421. The van der Waals surface area contributed by atoms with Crippen molar-refractivity contribution in [1.29, 1.82) is 0 Å². The van der Waals surface area contributed by atoms with E-state index in [0.29, 0.717) is 5.56 Å². The lowest BCUT2D eigenvalue weighted by atomic mass is 9.76. The first-order valence-electron chi connectivity index (χ1n) is 8.73. The SMILES string of the molecule is O=c1[nH]cccc1C(c1ccccn1)C(c1cccnc1)c1cccnc1. The van der Waals surface area contributed by atoms with Crippen molar-refractivity contribution in [3.63, 3.8) is 0 Å². The minimum atomic E-state index is -0.274. The molecule has 1 atom stereocenters. The summed E-state index contributed by atoms with van der Waals surface area (Å²) < 4.78 is 0. The van der Waals surface area contributed by atoms with Gasteiger partial charge in [-0.25, -0.2) is 0 Å². The van der Waals surface area contributed by atoms with Crippen molar-refractivity contribution in [2.75, 3.05) is 0 Å². The number of nitrogens with zero attached hydrogens (tertiary/aromatic N) is 3. The first-order valence-corrected chi connectivity index (χ1v) is 8.73. The quantitative estimate of drug-likeness (QED) is 0.595. The van der Waals surface area contributed by atoms with E-state index in [1.54, 1.807) is 24.8 Å². The molecule has 4 heterocycles. The van der Waals surface area contributed by atoms with Gasteiger partial charge < -0.3 is 4.98 Å². The van der Waals surface area contributed by atoms with Gasteiger partial charge in [0.2, 0.25) is 0 Å². The third-order valence-electron chi connectivity index (χ3n) is 4.61. The molecule has 4 aromatic rings. The molecule has 0 aliphatic heterocycles. The van der Waals surface area contributed by atoms with Crippen molar-refractivity contribution in [2.45, 2.75) is 11.8 Å². The van der Waals surface area contributed by atoms with Crippen molar-refractivity contribution in [2.24, 2.45) is 0 Å². The second kappa shape index (κ2) is 7.74. The predicted octanol–water partition coefficient (Wildman–Crippen LogP) is 3.52. The second-order valence-corrected chi connectivity index (χ2v) is 6.24. The summed E-state index contributed by atoms with van der Waals surface area (Å²) in [4.78, 5) is 28.6. The average Bonchev–Trinajstić information content (AvgIpc) is 2.74. The second-order valence-electron chi connectivity index (χ2n) is 6.24. The summed E-state index contributed by atoms with van der Waals surface area (Å²) in [6.07, 6.45) is 10.6. The molecule has 5 nitrogen and oxygen atoms in total. The van der Waals surface area contributed by atoms with Crippen LogP contribution in [0.1, 0.15) is 34.2 Å². The summed E-state index contributed by atoms with van der Waals surface area (Å²) in [5.41, 5.74) is 3.38. The van der Waals surface area contributed by atoms with Crippen LogP contribution >= 0.6 is 0 Å². The van der Waals surface area contributed by atoms with Crippen LogP contribution in [0.3, 0.4) is 0 Å². The molecular formula is C22H18N4O. The molecule has 0 bridgehead atoms. The number of aromatic amines is 1. The number of rotatable bonds is 5. The highest BCUT2D eigenvalue weighted by atomic mass is 16.1. The van der Waals surface area contributed by atoms with Gasteiger partial charge >= 0.3 is 0 Å². The third kappa shape index (κ3) is 3.53. The number of nitrogens with one attached hydrogen (secondary N) is 1. The summed E-state index contributed by atoms with van der Waals surface area (Å²) in [5, 5.41) is 0. The van der Waals surface area contributed by atoms with Gasteiger partial charge in [-0.15, -0.1) is 0 Å². The molecule has 27 heavy (non-hydrogen) atoms. The highest BCUT2D eigenvalue weighted by Crippen LogP contribution is 2.40. The molecule has 0 radical (unpaired) electrons. The zero-order chi connectivity index (χ0) is 18.5. The summed E-state index contributed by atoms with van der Waals surface area (Å²) >= 11 is 0. The fourth-order valence-corrected chi connectivity index (χ4v) is 3.45. The van der Waals surface area contributed by atoms with Crippen molar-refractivity contribution >= 4 is 0 Å². The van der Waals surface area contributed by atoms with Gasteiger partial charge in [-0.05, 0) is 41.5 Å². The van der Waals surface area contributed by atoms with Crippen LogP contribution in [0.2, 0.25) is 0 Å². The first-order chi connectivity index (χ1) is 13.3. The van der Waals surface area contributed by atoms with Crippen LogP contribution in [0.25, 0.3) is 0 Å². The van der Waals surface area contributed by atoms with Crippen LogP contribution < -0.4 is 5.56 Å². The number of hydrogen-bond donors (Lipinski definition) is 1. The topological polar surface area (TPSA) is 71.5 Å². The zero-order valence-electron chi connectivity index (χ0n) is 14.6. The van der Waals surface area contributed by atoms with Crippen molar-refractivity contribution in [3.8, 4) is 0 Å². The molecule has 0 saturated heterocycles. The molecule has 1 unspecified atom stereocenters. The Morgan fingerprint density at radius 3 is 2.04 bits per heavy atom. The third-order valence-corrected chi connectivity index (χ3v) is 4.61. The standard InChI is InChI=1S/C22H18N4O/c27-22-18(8-5-13-26-22)21(19-9-1-2-12-25-19)20(16-6-3-10-23-14-16)17-7-4-11-24-15-17/h1-15,20-21H,(H,26,27). The highest BCUT2D eigenvalue weighted by Gasteiger charge is 2.31. The van der Waals surface area contributed by atoms with E-state index in [2.05, 4.69) is 19.9 Å². The van der Waals surface area contributed by atoms with Gasteiger partial charge in [0, 0.05) is 60.3 Å². The fraction of sp³-hybridized carbons (Fsp3) is 0.0909. The fourth-order valence-electron chi connectivity index (χ4n) is 3.45. The molecule has 0 amide bonds. The molecule has 0 aromatic carbocycles. The van der Waals surface area contributed by atoms with E-state index in [9.17, 15) is 4.79 Å². The lowest BCUT2D eigenvalue weighted by molar-refractivity contribution is 0.662. The smallest absolute Gasteiger partial charge is 0.251 e. The monoisotopic (exact) mass is 354 g/mol. The van der Waals surface area contributed by atoms with E-state index < -0.39 is 0 Å². The molecule has 5 heteroatoms. The average molecular weight is 354 g/mol. The van der Waals surface area contributed by atoms with E-state index in [1.165, 1.54) is 0 Å². The van der Waals surface area contributed by atoms with Crippen LogP contribution in [0.4, 0.5) is 0 Å². The Morgan fingerprint density at radius 2 is 1.48 bits per heavy atom. The maximum absolute atomic E-state index is 12.7. The Bertz CT molecular complexity index is 1010. The molecular weight excluding hydrogens is 336 g/mol. The Kier molecular flexibility index (Phi) is 4.83. The lowest BCUT2D eigenvalue weighted by Gasteiger charge is -2.27.